The van der Waals surface area contributed by atoms with E-state index in [-0.39, 0.29) is 24.4 Å². The van der Waals surface area contributed by atoms with E-state index in [4.69, 9.17) is 5.11 Å². The van der Waals surface area contributed by atoms with E-state index in [0.717, 1.165) is 38.9 Å². The molecule has 5 nitrogen and oxygen atoms in total. The molecule has 0 aromatic heterocycles. The van der Waals surface area contributed by atoms with Gasteiger partial charge in [0, 0.05) is 19.0 Å². The fourth-order valence-corrected chi connectivity index (χ4v) is 3.76. The minimum absolute atomic E-state index is 0.0662. The van der Waals surface area contributed by atoms with Crippen LogP contribution in [0.5, 0.6) is 0 Å². The Labute approximate surface area is 133 Å². The Kier molecular flexibility index (Phi) is 6.68. The first kappa shape index (κ1) is 17.3. The van der Waals surface area contributed by atoms with Crippen LogP contribution in [0.1, 0.15) is 64.7 Å². The number of carbonyl (C=O) groups excluding carboxylic acids is 1. The fraction of sp³-hybridized carbons (Fsp3) is 0.882. The summed E-state index contributed by atoms with van der Waals surface area (Å²) in [7, 11) is 0. The second-order valence-corrected chi connectivity index (χ2v) is 6.74. The smallest absolute Gasteiger partial charge is 0.303 e. The molecule has 0 bridgehead atoms. The standard InChI is InChI=1S/C17H30N2O3/c1-14(18-11-5-2-3-6-12-18)17(22)19-13-7-4-8-15(19)9-10-16(20)21/h14-15H,2-13H2,1H3,(H,20,21). The van der Waals surface area contributed by atoms with E-state index in [2.05, 4.69) is 4.90 Å². The summed E-state index contributed by atoms with van der Waals surface area (Å²) in [6.45, 7) is 4.85. The molecule has 0 aromatic carbocycles. The van der Waals surface area contributed by atoms with E-state index in [1.165, 1.54) is 25.7 Å². The largest absolute Gasteiger partial charge is 0.481 e. The number of carbonyl (C=O) groups is 2. The first-order valence-corrected chi connectivity index (χ1v) is 8.86. The minimum Gasteiger partial charge on any atom is -0.481 e. The topological polar surface area (TPSA) is 60.9 Å². The molecule has 0 radical (unpaired) electrons. The maximum Gasteiger partial charge on any atom is 0.303 e. The van der Waals surface area contributed by atoms with E-state index >= 15 is 0 Å². The van der Waals surface area contributed by atoms with Crippen molar-refractivity contribution in [3.05, 3.63) is 0 Å². The highest BCUT2D eigenvalue weighted by molar-refractivity contribution is 5.82. The van der Waals surface area contributed by atoms with Crippen molar-refractivity contribution in [2.45, 2.75) is 76.8 Å². The highest BCUT2D eigenvalue weighted by Gasteiger charge is 2.32. The van der Waals surface area contributed by atoms with Gasteiger partial charge in [-0.25, -0.2) is 0 Å². The average molecular weight is 310 g/mol. The quantitative estimate of drug-likeness (QED) is 0.847. The number of aliphatic carboxylic acids is 1. The molecule has 0 aromatic rings. The monoisotopic (exact) mass is 310 g/mol. The molecule has 2 unspecified atom stereocenters. The lowest BCUT2D eigenvalue weighted by molar-refractivity contribution is -0.142. The van der Waals surface area contributed by atoms with Crippen molar-refractivity contribution >= 4 is 11.9 Å². The number of carboxylic acids is 1. The van der Waals surface area contributed by atoms with Gasteiger partial charge in [0.15, 0.2) is 0 Å². The molecule has 5 heteroatoms. The summed E-state index contributed by atoms with van der Waals surface area (Å²) in [4.78, 5) is 28.0. The summed E-state index contributed by atoms with van der Waals surface area (Å²) in [5.41, 5.74) is 0. The third-order valence-electron chi connectivity index (χ3n) is 5.15. The van der Waals surface area contributed by atoms with Crippen molar-refractivity contribution in [3.8, 4) is 0 Å². The molecular weight excluding hydrogens is 280 g/mol. The van der Waals surface area contributed by atoms with Gasteiger partial charge in [-0.1, -0.05) is 12.8 Å². The van der Waals surface area contributed by atoms with Crippen LogP contribution < -0.4 is 0 Å². The first-order chi connectivity index (χ1) is 10.6. The van der Waals surface area contributed by atoms with E-state index in [9.17, 15) is 9.59 Å². The third kappa shape index (κ3) is 4.70. The van der Waals surface area contributed by atoms with Crippen LogP contribution >= 0.6 is 0 Å². The second-order valence-electron chi connectivity index (χ2n) is 6.74. The zero-order chi connectivity index (χ0) is 15.9. The Balaban J connectivity index is 1.96. The van der Waals surface area contributed by atoms with Crippen LogP contribution in [0, 0.1) is 0 Å². The van der Waals surface area contributed by atoms with Crippen molar-refractivity contribution in [2.24, 2.45) is 0 Å². The molecule has 1 amide bonds. The zero-order valence-corrected chi connectivity index (χ0v) is 13.8. The lowest BCUT2D eigenvalue weighted by Crippen LogP contribution is -2.52. The van der Waals surface area contributed by atoms with Crippen LogP contribution in [0.25, 0.3) is 0 Å². The van der Waals surface area contributed by atoms with Gasteiger partial charge in [0.25, 0.3) is 0 Å². The van der Waals surface area contributed by atoms with Crippen LogP contribution in [0.15, 0.2) is 0 Å². The SMILES string of the molecule is CC(C(=O)N1CCCCC1CCC(=O)O)N1CCCCCC1. The average Bonchev–Trinajstić information content (AvgIpc) is 2.81. The van der Waals surface area contributed by atoms with Gasteiger partial charge in [-0.3, -0.25) is 14.5 Å². The third-order valence-corrected chi connectivity index (χ3v) is 5.15. The van der Waals surface area contributed by atoms with Crippen molar-refractivity contribution in [2.75, 3.05) is 19.6 Å². The van der Waals surface area contributed by atoms with Gasteiger partial charge < -0.3 is 10.0 Å². The Morgan fingerprint density at radius 2 is 1.68 bits per heavy atom. The molecule has 2 heterocycles. The van der Waals surface area contributed by atoms with Crippen LogP contribution in [0.4, 0.5) is 0 Å². The predicted molar refractivity (Wildman–Crippen MR) is 85.7 cm³/mol. The zero-order valence-electron chi connectivity index (χ0n) is 13.8. The van der Waals surface area contributed by atoms with Crippen molar-refractivity contribution in [1.82, 2.24) is 9.80 Å². The molecule has 2 atom stereocenters. The molecule has 2 fully saturated rings. The molecular formula is C17H30N2O3. The number of carboxylic acid groups (broad SMARTS) is 1. The van der Waals surface area contributed by atoms with Gasteiger partial charge in [0.05, 0.1) is 6.04 Å². The number of amides is 1. The lowest BCUT2D eigenvalue weighted by Gasteiger charge is -2.39. The minimum atomic E-state index is -0.765. The number of rotatable bonds is 5. The highest BCUT2D eigenvalue weighted by atomic mass is 16.4. The number of hydrogen-bond acceptors (Lipinski definition) is 3. The molecule has 126 valence electrons. The van der Waals surface area contributed by atoms with Gasteiger partial charge in [0.1, 0.15) is 0 Å². The van der Waals surface area contributed by atoms with Crippen molar-refractivity contribution < 1.29 is 14.7 Å². The molecule has 0 spiro atoms. The normalized spacial score (nSPS) is 25.5. The number of nitrogens with zero attached hydrogens (tertiary/aromatic N) is 2. The molecule has 2 saturated heterocycles. The van der Waals surface area contributed by atoms with Gasteiger partial charge in [-0.2, -0.15) is 0 Å². The van der Waals surface area contributed by atoms with Gasteiger partial charge in [-0.05, 0) is 58.5 Å². The van der Waals surface area contributed by atoms with Gasteiger partial charge >= 0.3 is 5.97 Å². The molecule has 2 aliphatic heterocycles. The van der Waals surface area contributed by atoms with E-state index < -0.39 is 5.97 Å². The highest BCUT2D eigenvalue weighted by Crippen LogP contribution is 2.23. The maximum atomic E-state index is 12.9. The molecule has 22 heavy (non-hydrogen) atoms. The Bertz CT molecular complexity index is 378. The fourth-order valence-electron chi connectivity index (χ4n) is 3.76. The molecule has 0 saturated carbocycles. The van der Waals surface area contributed by atoms with Crippen LogP contribution in [-0.4, -0.2) is 58.5 Å². The summed E-state index contributed by atoms with van der Waals surface area (Å²) >= 11 is 0. The summed E-state index contributed by atoms with van der Waals surface area (Å²) in [5.74, 6) is -0.560. The van der Waals surface area contributed by atoms with Crippen LogP contribution in [0.2, 0.25) is 0 Å². The van der Waals surface area contributed by atoms with Crippen LogP contribution in [-0.2, 0) is 9.59 Å². The Hall–Kier alpha value is -1.10. The summed E-state index contributed by atoms with van der Waals surface area (Å²) < 4.78 is 0. The molecule has 1 N–H and O–H groups in total. The van der Waals surface area contributed by atoms with E-state index in [1.54, 1.807) is 0 Å². The van der Waals surface area contributed by atoms with E-state index in [0.29, 0.717) is 6.42 Å². The Morgan fingerprint density at radius 1 is 1.05 bits per heavy atom. The predicted octanol–water partition coefficient (Wildman–Crippen LogP) is 2.50. The van der Waals surface area contributed by atoms with Crippen LogP contribution in [0.3, 0.4) is 0 Å². The molecule has 2 aliphatic rings. The van der Waals surface area contributed by atoms with E-state index in [1.807, 2.05) is 11.8 Å². The molecule has 0 aliphatic carbocycles. The maximum absolute atomic E-state index is 12.9. The van der Waals surface area contributed by atoms with Gasteiger partial charge in [0.2, 0.25) is 5.91 Å². The first-order valence-electron chi connectivity index (χ1n) is 8.86. The summed E-state index contributed by atoms with van der Waals surface area (Å²) in [5, 5.41) is 8.90. The summed E-state index contributed by atoms with van der Waals surface area (Å²) in [6.07, 6.45) is 8.74. The number of hydrogen-bond donors (Lipinski definition) is 1. The second kappa shape index (κ2) is 8.51. The van der Waals surface area contributed by atoms with Crippen molar-refractivity contribution in [3.63, 3.8) is 0 Å². The Morgan fingerprint density at radius 3 is 2.32 bits per heavy atom. The van der Waals surface area contributed by atoms with Crippen molar-refractivity contribution in [1.29, 1.82) is 0 Å². The molecule has 2 rings (SSSR count). The lowest BCUT2D eigenvalue weighted by atomic mass is 9.97. The summed E-state index contributed by atoms with van der Waals surface area (Å²) in [6, 6.07) is 0.0512. The van der Waals surface area contributed by atoms with Gasteiger partial charge in [-0.15, -0.1) is 0 Å². The number of piperidine rings is 1. The number of likely N-dealkylation sites (tertiary alicyclic amines) is 2.